The molecule has 0 aromatic carbocycles. The Morgan fingerprint density at radius 1 is 1.31 bits per heavy atom. The number of rotatable bonds is 8. The molecule has 4 heterocycles. The number of ether oxygens (including phenoxy) is 1. The zero-order valence-corrected chi connectivity index (χ0v) is 18.9. The summed E-state index contributed by atoms with van der Waals surface area (Å²) in [4.78, 5) is 36.0. The largest absolute Gasteiger partial charge is 0.483 e. The summed E-state index contributed by atoms with van der Waals surface area (Å²) in [6.45, 7) is 3.36. The summed E-state index contributed by atoms with van der Waals surface area (Å²) in [5.74, 6) is -2.70. The van der Waals surface area contributed by atoms with Gasteiger partial charge in [-0.15, -0.1) is 0 Å². The lowest BCUT2D eigenvalue weighted by Gasteiger charge is -2.45. The van der Waals surface area contributed by atoms with Crippen molar-refractivity contribution in [2.24, 2.45) is 0 Å². The van der Waals surface area contributed by atoms with Gasteiger partial charge in [0.05, 0.1) is 12.1 Å². The highest BCUT2D eigenvalue weighted by Gasteiger charge is 2.38. The van der Waals surface area contributed by atoms with Gasteiger partial charge in [-0.05, 0) is 31.5 Å². The molecule has 8 nitrogen and oxygen atoms in total. The second-order valence-electron chi connectivity index (χ2n) is 8.25. The predicted octanol–water partition coefficient (Wildman–Crippen LogP) is 2.81. The average Bonchev–Trinajstić information content (AvgIpc) is 2.83. The molecular weight excluding hydrogens is 470 g/mol. The number of aromatic amines is 1. The first-order valence-corrected chi connectivity index (χ1v) is 11.0. The quantitative estimate of drug-likeness (QED) is 0.370. The third-order valence-electron chi connectivity index (χ3n) is 5.98. The number of nitrogens with zero attached hydrogens (tertiary/aromatic N) is 3. The number of nitrogens with one attached hydrogen (secondary N) is 2. The van der Waals surface area contributed by atoms with E-state index >= 15 is 4.39 Å². The van der Waals surface area contributed by atoms with Gasteiger partial charge in [0.15, 0.2) is 11.6 Å². The summed E-state index contributed by atoms with van der Waals surface area (Å²) in [5.41, 5.74) is 0.553. The van der Waals surface area contributed by atoms with Gasteiger partial charge in [0.1, 0.15) is 17.3 Å². The van der Waals surface area contributed by atoms with Crippen molar-refractivity contribution in [1.82, 2.24) is 25.2 Å². The van der Waals surface area contributed by atoms with E-state index in [2.05, 4.69) is 15.0 Å². The number of fused-ring (bicyclic) bond motifs is 1. The molecule has 0 bridgehead atoms. The van der Waals surface area contributed by atoms with E-state index in [4.69, 9.17) is 4.74 Å². The molecule has 0 radical (unpaired) electrons. The van der Waals surface area contributed by atoms with Crippen LogP contribution < -0.4 is 15.6 Å². The molecular formula is C23H23F4N5O3. The van der Waals surface area contributed by atoms with Crippen molar-refractivity contribution in [3.8, 4) is 5.75 Å². The second-order valence-corrected chi connectivity index (χ2v) is 8.25. The van der Waals surface area contributed by atoms with Gasteiger partial charge in [0.25, 0.3) is 23.8 Å². The van der Waals surface area contributed by atoms with Crippen LogP contribution >= 0.6 is 0 Å². The minimum atomic E-state index is -2.73. The highest BCUT2D eigenvalue weighted by molar-refractivity contribution is 5.92. The SMILES string of the molecule is CCc1cc2ncc(CN3C[C@@H](Oc4ccc(C(=O)NCC(F)F)nc4F)[C@H]3C)c(F)c2[nH]c1=O. The summed E-state index contributed by atoms with van der Waals surface area (Å²) in [6, 6.07) is 3.76. The van der Waals surface area contributed by atoms with Gasteiger partial charge in [-0.3, -0.25) is 19.5 Å². The van der Waals surface area contributed by atoms with E-state index in [-0.39, 0.29) is 35.1 Å². The minimum Gasteiger partial charge on any atom is -0.483 e. The minimum absolute atomic E-state index is 0.0523. The molecule has 0 saturated carbocycles. The number of carbonyl (C=O) groups excluding carboxylic acids is 1. The fraction of sp³-hybridized carbons (Fsp3) is 0.391. The third-order valence-corrected chi connectivity index (χ3v) is 5.98. The molecule has 1 fully saturated rings. The van der Waals surface area contributed by atoms with Crippen LogP contribution in [0.5, 0.6) is 5.75 Å². The van der Waals surface area contributed by atoms with Crippen LogP contribution in [0.15, 0.2) is 29.2 Å². The number of aryl methyl sites for hydroxylation is 1. The number of amides is 1. The molecule has 1 aliphatic heterocycles. The van der Waals surface area contributed by atoms with Crippen molar-refractivity contribution in [3.05, 3.63) is 63.3 Å². The molecule has 0 spiro atoms. The zero-order valence-electron chi connectivity index (χ0n) is 18.9. The normalized spacial score (nSPS) is 18.0. The van der Waals surface area contributed by atoms with Gasteiger partial charge < -0.3 is 15.0 Å². The first kappa shape index (κ1) is 24.6. The molecule has 4 rings (SSSR count). The Morgan fingerprint density at radius 2 is 2.09 bits per heavy atom. The fourth-order valence-electron chi connectivity index (χ4n) is 3.84. The van der Waals surface area contributed by atoms with E-state index in [1.165, 1.54) is 18.3 Å². The van der Waals surface area contributed by atoms with Gasteiger partial charge in [-0.2, -0.15) is 4.39 Å². The molecule has 1 amide bonds. The molecule has 186 valence electrons. The summed E-state index contributed by atoms with van der Waals surface area (Å²) < 4.78 is 59.4. The van der Waals surface area contributed by atoms with Crippen LogP contribution in [-0.4, -0.2) is 57.4 Å². The molecule has 3 aromatic rings. The maximum atomic E-state index is 15.0. The number of likely N-dealkylation sites (tertiary alicyclic amines) is 1. The molecule has 0 unspecified atom stereocenters. The van der Waals surface area contributed by atoms with Crippen LogP contribution in [0.25, 0.3) is 11.0 Å². The van der Waals surface area contributed by atoms with Crippen molar-refractivity contribution < 1.29 is 27.1 Å². The standard InChI is InChI=1S/C23H23F4N5O3/c1-3-12-6-15-20(31-22(12)33)19(26)13(7-28-15)9-32-10-17(11(32)2)35-16-5-4-14(30-21(16)27)23(34)29-8-18(24)25/h4-7,11,17-18H,3,8-10H2,1-2H3,(H,29,34)(H,31,33)/t11-,17-/m1/s1. The highest BCUT2D eigenvalue weighted by Crippen LogP contribution is 2.28. The van der Waals surface area contributed by atoms with E-state index < -0.39 is 36.7 Å². The van der Waals surface area contributed by atoms with E-state index in [0.29, 0.717) is 29.6 Å². The number of halogens is 4. The van der Waals surface area contributed by atoms with E-state index in [9.17, 15) is 22.8 Å². The first-order valence-electron chi connectivity index (χ1n) is 11.0. The molecule has 35 heavy (non-hydrogen) atoms. The van der Waals surface area contributed by atoms with Crippen LogP contribution in [0.2, 0.25) is 0 Å². The summed E-state index contributed by atoms with van der Waals surface area (Å²) in [5, 5.41) is 1.95. The second kappa shape index (κ2) is 9.98. The predicted molar refractivity (Wildman–Crippen MR) is 119 cm³/mol. The van der Waals surface area contributed by atoms with E-state index in [0.717, 1.165) is 0 Å². The molecule has 2 atom stereocenters. The first-order chi connectivity index (χ1) is 16.7. The Hall–Kier alpha value is -3.54. The van der Waals surface area contributed by atoms with Crippen molar-refractivity contribution in [1.29, 1.82) is 0 Å². The molecule has 12 heteroatoms. The lowest BCUT2D eigenvalue weighted by Crippen LogP contribution is -2.60. The Bertz CT molecular complexity index is 1320. The van der Waals surface area contributed by atoms with Crippen molar-refractivity contribution in [2.45, 2.75) is 45.4 Å². The fourth-order valence-corrected chi connectivity index (χ4v) is 3.84. The average molecular weight is 493 g/mol. The van der Waals surface area contributed by atoms with Gasteiger partial charge in [-0.1, -0.05) is 6.92 Å². The molecule has 0 aliphatic carbocycles. The molecule has 2 N–H and O–H groups in total. The number of hydrogen-bond acceptors (Lipinski definition) is 6. The van der Waals surface area contributed by atoms with Crippen molar-refractivity contribution >= 4 is 16.9 Å². The third kappa shape index (κ3) is 5.11. The Labute approximate surface area is 197 Å². The number of H-pyrrole nitrogens is 1. The van der Waals surface area contributed by atoms with Crippen LogP contribution in [0.3, 0.4) is 0 Å². The van der Waals surface area contributed by atoms with Crippen LogP contribution in [0.1, 0.15) is 35.5 Å². The monoisotopic (exact) mass is 493 g/mol. The van der Waals surface area contributed by atoms with Crippen LogP contribution in [0, 0.1) is 11.8 Å². The van der Waals surface area contributed by atoms with Gasteiger partial charge >= 0.3 is 0 Å². The maximum Gasteiger partial charge on any atom is 0.270 e. The number of hydrogen-bond donors (Lipinski definition) is 2. The van der Waals surface area contributed by atoms with Crippen molar-refractivity contribution in [2.75, 3.05) is 13.1 Å². The summed E-state index contributed by atoms with van der Waals surface area (Å²) in [7, 11) is 0. The molecule has 1 saturated heterocycles. The van der Waals surface area contributed by atoms with Crippen molar-refractivity contribution in [3.63, 3.8) is 0 Å². The van der Waals surface area contributed by atoms with Gasteiger partial charge in [0, 0.05) is 36.5 Å². The highest BCUT2D eigenvalue weighted by atomic mass is 19.3. The number of pyridine rings is 3. The van der Waals surface area contributed by atoms with Crippen LogP contribution in [-0.2, 0) is 13.0 Å². The Balaban J connectivity index is 1.39. The molecule has 3 aromatic heterocycles. The van der Waals surface area contributed by atoms with Crippen LogP contribution in [0.4, 0.5) is 17.6 Å². The number of alkyl halides is 2. The lowest BCUT2D eigenvalue weighted by molar-refractivity contribution is -0.0437. The van der Waals surface area contributed by atoms with E-state index in [1.807, 2.05) is 24.1 Å². The Kier molecular flexibility index (Phi) is 7.01. The maximum absolute atomic E-state index is 15.0. The molecule has 1 aliphatic rings. The van der Waals surface area contributed by atoms with Gasteiger partial charge in [-0.25, -0.2) is 18.2 Å². The van der Waals surface area contributed by atoms with E-state index in [1.54, 1.807) is 6.07 Å². The number of aromatic nitrogens is 3. The Morgan fingerprint density at radius 3 is 2.74 bits per heavy atom. The zero-order chi connectivity index (χ0) is 25.3. The summed E-state index contributed by atoms with van der Waals surface area (Å²) >= 11 is 0. The smallest absolute Gasteiger partial charge is 0.270 e. The topological polar surface area (TPSA) is 100 Å². The summed E-state index contributed by atoms with van der Waals surface area (Å²) in [6.07, 6.45) is -1.22. The van der Waals surface area contributed by atoms with Gasteiger partial charge in [0.2, 0.25) is 0 Å². The lowest BCUT2D eigenvalue weighted by atomic mass is 9.99. The number of carbonyl (C=O) groups is 1.